The van der Waals surface area contributed by atoms with E-state index in [1.54, 1.807) is 42.5 Å². The Morgan fingerprint density at radius 2 is 1.85 bits per heavy atom. The zero-order valence-corrected chi connectivity index (χ0v) is 16.0. The van der Waals surface area contributed by atoms with E-state index in [1.165, 1.54) is 7.11 Å². The van der Waals surface area contributed by atoms with Crippen LogP contribution in [0.15, 0.2) is 42.5 Å². The van der Waals surface area contributed by atoms with E-state index in [2.05, 4.69) is 5.32 Å². The predicted molar refractivity (Wildman–Crippen MR) is 104 cm³/mol. The van der Waals surface area contributed by atoms with Crippen LogP contribution in [0.4, 0.5) is 5.69 Å². The standard InChI is InChI=1S/C20H22ClNO5/c1-3-4-11-26-20(24)14-5-8-16(9-6-14)27-13-19(23)22-17-12-15(21)7-10-18(17)25-2/h5-10,12H,3-4,11,13H2,1-2H3,(H,22,23). The number of carbonyl (C=O) groups excluding carboxylic acids is 2. The van der Waals surface area contributed by atoms with Crippen LogP contribution in [0.2, 0.25) is 5.02 Å². The second-order valence-corrected chi connectivity index (χ2v) is 6.13. The Morgan fingerprint density at radius 1 is 1.11 bits per heavy atom. The first-order chi connectivity index (χ1) is 13.0. The number of halogens is 1. The zero-order chi connectivity index (χ0) is 19.6. The average Bonchev–Trinajstić information content (AvgIpc) is 2.67. The van der Waals surface area contributed by atoms with Gasteiger partial charge in [0, 0.05) is 5.02 Å². The van der Waals surface area contributed by atoms with Gasteiger partial charge in [-0.3, -0.25) is 4.79 Å². The van der Waals surface area contributed by atoms with Gasteiger partial charge < -0.3 is 19.5 Å². The molecule has 1 amide bonds. The van der Waals surface area contributed by atoms with Gasteiger partial charge in [-0.05, 0) is 48.9 Å². The van der Waals surface area contributed by atoms with Crippen LogP contribution in [0.1, 0.15) is 30.1 Å². The summed E-state index contributed by atoms with van der Waals surface area (Å²) in [4.78, 5) is 23.9. The fourth-order valence-corrected chi connectivity index (χ4v) is 2.36. The molecule has 2 rings (SSSR count). The smallest absolute Gasteiger partial charge is 0.338 e. The van der Waals surface area contributed by atoms with Gasteiger partial charge in [-0.25, -0.2) is 4.79 Å². The van der Waals surface area contributed by atoms with Crippen LogP contribution >= 0.6 is 11.6 Å². The highest BCUT2D eigenvalue weighted by Crippen LogP contribution is 2.27. The average molecular weight is 392 g/mol. The van der Waals surface area contributed by atoms with E-state index in [4.69, 9.17) is 25.8 Å². The van der Waals surface area contributed by atoms with E-state index in [1.807, 2.05) is 6.92 Å². The summed E-state index contributed by atoms with van der Waals surface area (Å²) >= 11 is 5.93. The molecule has 1 N–H and O–H groups in total. The number of carbonyl (C=O) groups is 2. The Bertz CT molecular complexity index is 776. The Hall–Kier alpha value is -2.73. The number of ether oxygens (including phenoxy) is 3. The summed E-state index contributed by atoms with van der Waals surface area (Å²) in [7, 11) is 1.50. The molecule has 0 atom stereocenters. The quantitative estimate of drug-likeness (QED) is 0.509. The first kappa shape index (κ1) is 20.6. The fourth-order valence-electron chi connectivity index (χ4n) is 2.19. The number of hydrogen-bond acceptors (Lipinski definition) is 5. The van der Waals surface area contributed by atoms with Crippen LogP contribution in [0.25, 0.3) is 0 Å². The van der Waals surface area contributed by atoms with Gasteiger partial charge in [0.1, 0.15) is 11.5 Å². The third-order valence-corrected chi connectivity index (χ3v) is 3.86. The van der Waals surface area contributed by atoms with Crippen molar-refractivity contribution in [3.63, 3.8) is 0 Å². The second-order valence-electron chi connectivity index (χ2n) is 5.70. The molecule has 144 valence electrons. The summed E-state index contributed by atoms with van der Waals surface area (Å²) < 4.78 is 15.8. The molecule has 0 radical (unpaired) electrons. The van der Waals surface area contributed by atoms with Crippen LogP contribution in [0.3, 0.4) is 0 Å². The number of hydrogen-bond donors (Lipinski definition) is 1. The molecule has 7 heteroatoms. The van der Waals surface area contributed by atoms with E-state index in [-0.39, 0.29) is 18.5 Å². The Labute approximate surface area is 163 Å². The lowest BCUT2D eigenvalue weighted by Crippen LogP contribution is -2.20. The number of rotatable bonds is 9. The number of anilines is 1. The molecular formula is C20H22ClNO5. The Morgan fingerprint density at radius 3 is 2.52 bits per heavy atom. The lowest BCUT2D eigenvalue weighted by atomic mass is 10.2. The minimum absolute atomic E-state index is 0.198. The summed E-state index contributed by atoms with van der Waals surface area (Å²) in [6.07, 6.45) is 1.79. The number of methoxy groups -OCH3 is 1. The highest BCUT2D eigenvalue weighted by Gasteiger charge is 2.10. The molecule has 27 heavy (non-hydrogen) atoms. The molecule has 0 saturated heterocycles. The highest BCUT2D eigenvalue weighted by atomic mass is 35.5. The first-order valence-corrected chi connectivity index (χ1v) is 8.94. The minimum Gasteiger partial charge on any atom is -0.495 e. The van der Waals surface area contributed by atoms with Crippen molar-refractivity contribution in [3.8, 4) is 11.5 Å². The minimum atomic E-state index is -0.374. The number of nitrogens with one attached hydrogen (secondary N) is 1. The molecule has 0 heterocycles. The molecule has 0 spiro atoms. The summed E-state index contributed by atoms with van der Waals surface area (Å²) in [6.45, 7) is 2.23. The molecule has 0 aliphatic rings. The number of amides is 1. The maximum atomic E-state index is 12.1. The zero-order valence-electron chi connectivity index (χ0n) is 15.3. The normalized spacial score (nSPS) is 10.2. The van der Waals surface area contributed by atoms with Crippen LogP contribution in [0, 0.1) is 0 Å². The third-order valence-electron chi connectivity index (χ3n) is 3.63. The molecule has 2 aromatic carbocycles. The van der Waals surface area contributed by atoms with Crippen molar-refractivity contribution in [2.75, 3.05) is 25.6 Å². The van der Waals surface area contributed by atoms with Crippen molar-refractivity contribution in [1.29, 1.82) is 0 Å². The van der Waals surface area contributed by atoms with Gasteiger partial charge in [0.15, 0.2) is 6.61 Å². The summed E-state index contributed by atoms with van der Waals surface area (Å²) in [5.41, 5.74) is 0.898. The molecule has 0 fully saturated rings. The van der Waals surface area contributed by atoms with Gasteiger partial charge in [-0.1, -0.05) is 24.9 Å². The van der Waals surface area contributed by atoms with Gasteiger partial charge in [-0.15, -0.1) is 0 Å². The van der Waals surface area contributed by atoms with Gasteiger partial charge in [0.2, 0.25) is 0 Å². The first-order valence-electron chi connectivity index (χ1n) is 8.57. The molecule has 0 saturated carbocycles. The molecule has 0 aromatic heterocycles. The summed E-state index contributed by atoms with van der Waals surface area (Å²) in [5.74, 6) is 0.228. The largest absolute Gasteiger partial charge is 0.495 e. The van der Waals surface area contributed by atoms with Crippen molar-refractivity contribution in [1.82, 2.24) is 0 Å². The van der Waals surface area contributed by atoms with Crippen LogP contribution in [0.5, 0.6) is 11.5 Å². The van der Waals surface area contributed by atoms with Crippen molar-refractivity contribution < 1.29 is 23.8 Å². The molecule has 0 aliphatic heterocycles. The van der Waals surface area contributed by atoms with Crippen LogP contribution < -0.4 is 14.8 Å². The fraction of sp³-hybridized carbons (Fsp3) is 0.300. The Kier molecular flexibility index (Phi) is 7.95. The highest BCUT2D eigenvalue weighted by molar-refractivity contribution is 6.31. The van der Waals surface area contributed by atoms with E-state index >= 15 is 0 Å². The summed E-state index contributed by atoms with van der Waals surface area (Å²) in [5, 5.41) is 3.16. The molecule has 0 aliphatic carbocycles. The van der Waals surface area contributed by atoms with E-state index in [0.717, 1.165) is 12.8 Å². The summed E-state index contributed by atoms with van der Waals surface area (Å²) in [6, 6.07) is 11.4. The molecule has 0 unspecified atom stereocenters. The predicted octanol–water partition coefficient (Wildman–Crippen LogP) is 4.32. The number of benzene rings is 2. The SMILES string of the molecule is CCCCOC(=O)c1ccc(OCC(=O)Nc2cc(Cl)ccc2OC)cc1. The van der Waals surface area contributed by atoms with Gasteiger partial charge in [-0.2, -0.15) is 0 Å². The maximum Gasteiger partial charge on any atom is 0.338 e. The maximum absolute atomic E-state index is 12.1. The monoisotopic (exact) mass is 391 g/mol. The number of unbranched alkanes of at least 4 members (excludes halogenated alkanes) is 1. The topological polar surface area (TPSA) is 73.9 Å². The molecular weight excluding hydrogens is 370 g/mol. The van der Waals surface area contributed by atoms with Crippen LogP contribution in [-0.2, 0) is 9.53 Å². The lowest BCUT2D eigenvalue weighted by Gasteiger charge is -2.11. The van der Waals surface area contributed by atoms with Crippen LogP contribution in [-0.4, -0.2) is 32.2 Å². The molecule has 6 nitrogen and oxygen atoms in total. The molecule has 2 aromatic rings. The lowest BCUT2D eigenvalue weighted by molar-refractivity contribution is -0.118. The van der Waals surface area contributed by atoms with Crippen molar-refractivity contribution in [2.24, 2.45) is 0 Å². The van der Waals surface area contributed by atoms with Gasteiger partial charge >= 0.3 is 5.97 Å². The molecule has 0 bridgehead atoms. The van der Waals surface area contributed by atoms with E-state index in [0.29, 0.717) is 34.4 Å². The second kappa shape index (κ2) is 10.4. The van der Waals surface area contributed by atoms with E-state index in [9.17, 15) is 9.59 Å². The van der Waals surface area contributed by atoms with Crippen molar-refractivity contribution in [2.45, 2.75) is 19.8 Å². The van der Waals surface area contributed by atoms with Crippen molar-refractivity contribution in [3.05, 3.63) is 53.1 Å². The van der Waals surface area contributed by atoms with Crippen molar-refractivity contribution >= 4 is 29.2 Å². The Balaban J connectivity index is 1.86. The number of esters is 1. The third kappa shape index (κ3) is 6.49. The van der Waals surface area contributed by atoms with Gasteiger partial charge in [0.05, 0.1) is 25.0 Å². The van der Waals surface area contributed by atoms with Gasteiger partial charge in [0.25, 0.3) is 5.91 Å². The van der Waals surface area contributed by atoms with E-state index < -0.39 is 0 Å².